The third-order valence-corrected chi connectivity index (χ3v) is 6.90. The normalized spacial score (nSPS) is 14.2. The van der Waals surface area contributed by atoms with Gasteiger partial charge in [-0.15, -0.1) is 0 Å². The van der Waals surface area contributed by atoms with Crippen molar-refractivity contribution in [2.75, 3.05) is 47.5 Å². The molecule has 1 unspecified atom stereocenters. The van der Waals surface area contributed by atoms with Gasteiger partial charge in [0.1, 0.15) is 19.8 Å². The van der Waals surface area contributed by atoms with Crippen LogP contribution in [0.5, 0.6) is 0 Å². The SMILES string of the molecule is CCCCCCCCCCCCCCCC(=O)O[C@H](COC(=O)CC)COP(=O)([O-])OCC[N+](C)(C)C. The van der Waals surface area contributed by atoms with Gasteiger partial charge >= 0.3 is 11.9 Å². The van der Waals surface area contributed by atoms with Crippen molar-refractivity contribution in [3.63, 3.8) is 0 Å². The van der Waals surface area contributed by atoms with Gasteiger partial charge in [-0.3, -0.25) is 14.2 Å². The molecule has 0 aromatic rings. The van der Waals surface area contributed by atoms with Crippen LogP contribution in [0.1, 0.15) is 110 Å². The number of phosphoric ester groups is 1. The Hall–Kier alpha value is -0.990. The lowest BCUT2D eigenvalue weighted by atomic mass is 10.0. The Balaban J connectivity index is 4.17. The largest absolute Gasteiger partial charge is 0.756 e. The summed E-state index contributed by atoms with van der Waals surface area (Å²) >= 11 is 0. The molecule has 2 atom stereocenters. The summed E-state index contributed by atoms with van der Waals surface area (Å²) in [5.41, 5.74) is 0. The predicted octanol–water partition coefficient (Wildman–Crippen LogP) is 5.54. The highest BCUT2D eigenvalue weighted by molar-refractivity contribution is 7.45. The third-order valence-electron chi connectivity index (χ3n) is 5.93. The Morgan fingerprint density at radius 2 is 1.27 bits per heavy atom. The van der Waals surface area contributed by atoms with Gasteiger partial charge in [0.15, 0.2) is 6.10 Å². The lowest BCUT2D eigenvalue weighted by Gasteiger charge is -2.28. The maximum Gasteiger partial charge on any atom is 0.306 e. The van der Waals surface area contributed by atoms with Crippen molar-refractivity contribution in [1.29, 1.82) is 0 Å². The Labute approximate surface area is 225 Å². The zero-order valence-corrected chi connectivity index (χ0v) is 25.1. The molecule has 0 N–H and O–H groups in total. The summed E-state index contributed by atoms with van der Waals surface area (Å²) in [7, 11) is 1.16. The molecule has 0 saturated heterocycles. The summed E-state index contributed by atoms with van der Waals surface area (Å²) in [6, 6.07) is 0. The molecule has 0 bridgehead atoms. The molecule has 0 heterocycles. The van der Waals surface area contributed by atoms with E-state index in [2.05, 4.69) is 6.92 Å². The highest BCUT2D eigenvalue weighted by Crippen LogP contribution is 2.38. The van der Waals surface area contributed by atoms with Crippen molar-refractivity contribution >= 4 is 19.8 Å². The predicted molar refractivity (Wildman–Crippen MR) is 144 cm³/mol. The lowest BCUT2D eigenvalue weighted by Crippen LogP contribution is -2.37. The Kier molecular flexibility index (Phi) is 21.3. The molecule has 37 heavy (non-hydrogen) atoms. The van der Waals surface area contributed by atoms with Gasteiger partial charge in [-0.2, -0.15) is 0 Å². The van der Waals surface area contributed by atoms with Crippen LogP contribution >= 0.6 is 7.82 Å². The number of carbonyl (C=O) groups is 2. The second-order valence-corrected chi connectivity index (χ2v) is 12.1. The maximum atomic E-state index is 12.3. The number of hydrogen-bond acceptors (Lipinski definition) is 8. The molecule has 0 radical (unpaired) electrons. The number of carbonyl (C=O) groups excluding carboxylic acids is 2. The fourth-order valence-electron chi connectivity index (χ4n) is 3.57. The van der Waals surface area contributed by atoms with Crippen LogP contribution in [0.15, 0.2) is 0 Å². The Bertz CT molecular complexity index is 638. The number of unbranched alkanes of at least 4 members (excludes halogenated alkanes) is 12. The molecule has 0 aromatic carbocycles. The summed E-state index contributed by atoms with van der Waals surface area (Å²) in [5, 5.41) is 0. The second-order valence-electron chi connectivity index (χ2n) is 10.7. The number of phosphoric acid groups is 1. The Morgan fingerprint density at radius 3 is 1.76 bits per heavy atom. The molecule has 0 spiro atoms. The van der Waals surface area contributed by atoms with Gasteiger partial charge in [0.25, 0.3) is 7.82 Å². The number of nitrogens with zero attached hydrogens (tertiary/aromatic N) is 1. The number of rotatable bonds is 25. The van der Waals surface area contributed by atoms with Crippen molar-refractivity contribution in [1.82, 2.24) is 0 Å². The van der Waals surface area contributed by atoms with E-state index in [1.807, 2.05) is 21.1 Å². The van der Waals surface area contributed by atoms with Crippen LogP contribution in [0.25, 0.3) is 0 Å². The fraction of sp³-hybridized carbons (Fsp3) is 0.926. The highest BCUT2D eigenvalue weighted by Gasteiger charge is 2.21. The molecular formula is C27H54NO8P. The van der Waals surface area contributed by atoms with Crippen molar-refractivity contribution in [2.45, 2.75) is 116 Å². The van der Waals surface area contributed by atoms with E-state index in [0.29, 0.717) is 17.4 Å². The molecule has 0 aliphatic heterocycles. The van der Waals surface area contributed by atoms with E-state index < -0.39 is 32.5 Å². The second kappa shape index (κ2) is 21.9. The van der Waals surface area contributed by atoms with E-state index in [-0.39, 0.29) is 26.1 Å². The highest BCUT2D eigenvalue weighted by atomic mass is 31.2. The van der Waals surface area contributed by atoms with Gasteiger partial charge in [-0.05, 0) is 6.42 Å². The first-order chi connectivity index (χ1) is 17.5. The first kappa shape index (κ1) is 36.0. The molecule has 220 valence electrons. The number of quaternary nitrogens is 1. The van der Waals surface area contributed by atoms with Crippen molar-refractivity contribution in [3.8, 4) is 0 Å². The quantitative estimate of drug-likeness (QED) is 0.0629. The summed E-state index contributed by atoms with van der Waals surface area (Å²) in [4.78, 5) is 35.8. The van der Waals surface area contributed by atoms with E-state index in [4.69, 9.17) is 18.5 Å². The minimum absolute atomic E-state index is 0.0292. The standard InChI is InChI=1S/C27H54NO8P/c1-6-8-9-10-11-12-13-14-15-16-17-18-19-20-27(30)36-25(23-33-26(29)7-2)24-35-37(31,32)34-22-21-28(3,4)5/h25H,6-24H2,1-5H3/t25-/m1/s1. The van der Waals surface area contributed by atoms with Gasteiger partial charge < -0.3 is 27.9 Å². The molecule has 0 aliphatic rings. The average Bonchev–Trinajstić information content (AvgIpc) is 2.82. The van der Waals surface area contributed by atoms with E-state index in [0.717, 1.165) is 12.8 Å². The number of likely N-dealkylation sites (N-methyl/N-ethyl adjacent to an activating group) is 1. The topological polar surface area (TPSA) is 111 Å². The van der Waals surface area contributed by atoms with Crippen LogP contribution in [0.4, 0.5) is 0 Å². The average molecular weight is 552 g/mol. The van der Waals surface area contributed by atoms with Gasteiger partial charge in [0.2, 0.25) is 0 Å². The summed E-state index contributed by atoms with van der Waals surface area (Å²) in [6.45, 7) is 3.59. The van der Waals surface area contributed by atoms with Crippen LogP contribution in [0.2, 0.25) is 0 Å². The fourth-order valence-corrected chi connectivity index (χ4v) is 4.30. The van der Waals surface area contributed by atoms with Crippen molar-refractivity contribution < 1.29 is 42.1 Å². The number of hydrogen-bond donors (Lipinski definition) is 0. The first-order valence-corrected chi connectivity index (χ1v) is 15.7. The van der Waals surface area contributed by atoms with Gasteiger partial charge in [-0.1, -0.05) is 90.9 Å². The molecule has 9 nitrogen and oxygen atoms in total. The smallest absolute Gasteiger partial charge is 0.306 e. The van der Waals surface area contributed by atoms with Gasteiger partial charge in [0, 0.05) is 12.8 Å². The lowest BCUT2D eigenvalue weighted by molar-refractivity contribution is -0.870. The molecule has 0 fully saturated rings. The molecule has 0 aliphatic carbocycles. The minimum atomic E-state index is -4.57. The van der Waals surface area contributed by atoms with Gasteiger partial charge in [0.05, 0.1) is 27.7 Å². The van der Waals surface area contributed by atoms with Crippen molar-refractivity contribution in [3.05, 3.63) is 0 Å². The molecule has 0 saturated carbocycles. The van der Waals surface area contributed by atoms with E-state index >= 15 is 0 Å². The summed E-state index contributed by atoms with van der Waals surface area (Å²) in [6.07, 6.45) is 15.1. The molecule has 0 rings (SSSR count). The van der Waals surface area contributed by atoms with Crippen LogP contribution in [-0.2, 0) is 32.7 Å². The molecular weight excluding hydrogens is 497 g/mol. The monoisotopic (exact) mass is 551 g/mol. The molecule has 0 amide bonds. The van der Waals surface area contributed by atoms with Crippen LogP contribution < -0.4 is 4.89 Å². The van der Waals surface area contributed by atoms with Crippen LogP contribution in [0.3, 0.4) is 0 Å². The van der Waals surface area contributed by atoms with E-state index in [1.54, 1.807) is 6.92 Å². The van der Waals surface area contributed by atoms with E-state index in [9.17, 15) is 19.0 Å². The number of esters is 2. The first-order valence-electron chi connectivity index (χ1n) is 14.2. The zero-order valence-electron chi connectivity index (χ0n) is 24.2. The maximum absolute atomic E-state index is 12.3. The Morgan fingerprint density at radius 1 is 0.757 bits per heavy atom. The third kappa shape index (κ3) is 25.1. The zero-order chi connectivity index (χ0) is 28.0. The molecule has 10 heteroatoms. The van der Waals surface area contributed by atoms with Gasteiger partial charge in [-0.25, -0.2) is 0 Å². The van der Waals surface area contributed by atoms with Crippen LogP contribution in [0, 0.1) is 0 Å². The number of ether oxygens (including phenoxy) is 2. The summed E-state index contributed by atoms with van der Waals surface area (Å²) in [5.74, 6) is -0.932. The molecule has 0 aromatic heterocycles. The minimum Gasteiger partial charge on any atom is -0.756 e. The van der Waals surface area contributed by atoms with Crippen LogP contribution in [-0.4, -0.2) is 70.0 Å². The van der Waals surface area contributed by atoms with E-state index in [1.165, 1.54) is 64.2 Å². The summed E-state index contributed by atoms with van der Waals surface area (Å²) < 4.78 is 32.7. The van der Waals surface area contributed by atoms with Crippen molar-refractivity contribution in [2.24, 2.45) is 0 Å².